The zero-order chi connectivity index (χ0) is 30.0. The first-order chi connectivity index (χ1) is 20.7. The Labute approximate surface area is 250 Å². The van der Waals surface area contributed by atoms with Gasteiger partial charge in [0.2, 0.25) is 18.6 Å². The maximum absolute atomic E-state index is 14.3. The average molecular weight is 585 g/mol. The van der Waals surface area contributed by atoms with E-state index < -0.39 is 11.6 Å². The zero-order valence-electron chi connectivity index (χ0n) is 24.7. The quantitative estimate of drug-likeness (QED) is 0.334. The average Bonchev–Trinajstić information content (AvgIpc) is 3.63. The van der Waals surface area contributed by atoms with E-state index in [9.17, 15) is 9.59 Å². The van der Waals surface area contributed by atoms with E-state index in [1.54, 1.807) is 9.58 Å². The van der Waals surface area contributed by atoms with Crippen molar-refractivity contribution in [2.75, 3.05) is 38.0 Å². The fourth-order valence-electron chi connectivity index (χ4n) is 5.41. The van der Waals surface area contributed by atoms with E-state index in [4.69, 9.17) is 14.2 Å². The number of rotatable bonds is 8. The third-order valence-electron chi connectivity index (χ3n) is 7.46. The molecule has 11 nitrogen and oxygen atoms in total. The van der Waals surface area contributed by atoms with E-state index in [-0.39, 0.29) is 31.7 Å². The van der Waals surface area contributed by atoms with Gasteiger partial charge in [-0.1, -0.05) is 35.5 Å². The Bertz CT molecular complexity index is 1610. The molecule has 3 aromatic carbocycles. The maximum Gasteiger partial charge on any atom is 0.247 e. The van der Waals surface area contributed by atoms with E-state index in [1.165, 1.54) is 0 Å². The molecule has 3 heterocycles. The lowest BCUT2D eigenvalue weighted by Crippen LogP contribution is -2.49. The maximum atomic E-state index is 14.3. The molecule has 1 N–H and O–H groups in total. The second kappa shape index (κ2) is 11.9. The number of amides is 2. The second-order valence-corrected chi connectivity index (χ2v) is 11.8. The highest BCUT2D eigenvalue weighted by Gasteiger charge is 2.34. The molecule has 2 aliphatic heterocycles. The van der Waals surface area contributed by atoms with E-state index in [0.717, 1.165) is 29.9 Å². The topological polar surface area (TPSA) is 111 Å². The van der Waals surface area contributed by atoms with Gasteiger partial charge in [0.05, 0.1) is 18.7 Å². The molecular weight excluding hydrogens is 548 g/mol. The number of hydrogen-bond acceptors (Lipinski definition) is 8. The van der Waals surface area contributed by atoms with Gasteiger partial charge in [-0.15, -0.1) is 5.10 Å². The summed E-state index contributed by atoms with van der Waals surface area (Å²) in [6.45, 7) is 8.94. The molecule has 11 heteroatoms. The third kappa shape index (κ3) is 6.41. The van der Waals surface area contributed by atoms with Crippen molar-refractivity contribution in [3.63, 3.8) is 0 Å². The summed E-state index contributed by atoms with van der Waals surface area (Å²) >= 11 is 0. The number of aromatic nitrogens is 3. The predicted octanol–water partition coefficient (Wildman–Crippen LogP) is 3.68. The van der Waals surface area contributed by atoms with Gasteiger partial charge in [-0.2, -0.15) is 0 Å². The molecule has 1 saturated heterocycles. The van der Waals surface area contributed by atoms with E-state index >= 15 is 0 Å². The number of morpholine rings is 1. The van der Waals surface area contributed by atoms with E-state index in [2.05, 4.69) is 20.5 Å². The molecule has 0 spiro atoms. The number of para-hydroxylation sites is 1. The monoisotopic (exact) mass is 584 g/mol. The summed E-state index contributed by atoms with van der Waals surface area (Å²) in [5.41, 5.74) is 3.47. The molecule has 0 saturated carbocycles. The van der Waals surface area contributed by atoms with Crippen LogP contribution >= 0.6 is 0 Å². The summed E-state index contributed by atoms with van der Waals surface area (Å²) in [6.07, 6.45) is 0. The molecule has 1 aromatic heterocycles. The minimum atomic E-state index is -0.911. The molecule has 2 amide bonds. The smallest absolute Gasteiger partial charge is 0.247 e. The molecule has 43 heavy (non-hydrogen) atoms. The Morgan fingerprint density at radius 2 is 1.72 bits per heavy atom. The highest BCUT2D eigenvalue weighted by Crippen LogP contribution is 2.34. The van der Waals surface area contributed by atoms with Crippen molar-refractivity contribution >= 4 is 28.5 Å². The lowest BCUT2D eigenvalue weighted by Gasteiger charge is -2.34. The number of ether oxygens (including phenoxy) is 3. The van der Waals surface area contributed by atoms with Gasteiger partial charge in [-0.25, -0.2) is 4.68 Å². The fourth-order valence-corrected chi connectivity index (χ4v) is 5.41. The largest absolute Gasteiger partial charge is 0.454 e. The molecule has 4 aromatic rings. The Balaban J connectivity index is 1.38. The Morgan fingerprint density at radius 1 is 0.977 bits per heavy atom. The Morgan fingerprint density at radius 3 is 2.49 bits per heavy atom. The summed E-state index contributed by atoms with van der Waals surface area (Å²) in [6, 6.07) is 20.0. The van der Waals surface area contributed by atoms with Crippen molar-refractivity contribution in [1.82, 2.24) is 25.2 Å². The van der Waals surface area contributed by atoms with Gasteiger partial charge in [0.25, 0.3) is 0 Å². The van der Waals surface area contributed by atoms with Gasteiger partial charge in [-0.05, 0) is 68.3 Å². The lowest BCUT2D eigenvalue weighted by molar-refractivity contribution is -0.142. The van der Waals surface area contributed by atoms with Gasteiger partial charge in [0.1, 0.15) is 18.1 Å². The minimum Gasteiger partial charge on any atom is -0.454 e. The molecule has 224 valence electrons. The molecule has 1 fully saturated rings. The first-order valence-electron chi connectivity index (χ1n) is 14.5. The number of carbonyl (C=O) groups is 2. The first-order valence-corrected chi connectivity index (χ1v) is 14.5. The third-order valence-corrected chi connectivity index (χ3v) is 7.46. The van der Waals surface area contributed by atoms with Gasteiger partial charge in [0, 0.05) is 30.9 Å². The SMILES string of the molecule is CC(C)(C)NC(=O)C(c1ccc(N2CCOCC2)cc1)N(Cc1ccc2c(c1)OCO2)C(=O)Cn1nnc2ccccc21. The second-order valence-electron chi connectivity index (χ2n) is 11.8. The standard InChI is InChI=1S/C32H36N6O5/c1-32(2,3)33-31(40)30(23-9-11-24(12-10-23)36-14-16-41-17-15-36)37(19-22-8-13-27-28(18-22)43-21-42-27)29(39)20-38-26-7-5-4-6-25(26)34-35-38/h4-13,18,30H,14-17,19-21H2,1-3H3,(H,33,40). The summed E-state index contributed by atoms with van der Waals surface area (Å²) in [5.74, 6) is 0.706. The molecule has 0 bridgehead atoms. The van der Waals surface area contributed by atoms with Gasteiger partial charge >= 0.3 is 0 Å². The Kier molecular flexibility index (Phi) is 7.90. The van der Waals surface area contributed by atoms with E-state index in [1.807, 2.05) is 87.5 Å². The fraction of sp³-hybridized carbons (Fsp3) is 0.375. The molecule has 6 rings (SSSR count). The number of nitrogens with zero attached hydrogens (tertiary/aromatic N) is 5. The molecule has 1 unspecified atom stereocenters. The van der Waals surface area contributed by atoms with Crippen LogP contribution in [-0.2, 0) is 27.4 Å². The number of carbonyl (C=O) groups excluding carboxylic acids is 2. The summed E-state index contributed by atoms with van der Waals surface area (Å²) in [4.78, 5) is 32.2. The summed E-state index contributed by atoms with van der Waals surface area (Å²) in [7, 11) is 0. The number of benzene rings is 3. The Hall–Kier alpha value is -4.64. The van der Waals surface area contributed by atoms with E-state index in [0.29, 0.717) is 35.8 Å². The highest BCUT2D eigenvalue weighted by molar-refractivity contribution is 5.89. The van der Waals surface area contributed by atoms with Crippen LogP contribution in [-0.4, -0.2) is 70.3 Å². The zero-order valence-corrected chi connectivity index (χ0v) is 24.7. The lowest BCUT2D eigenvalue weighted by atomic mass is 10.00. The number of nitrogens with one attached hydrogen (secondary N) is 1. The number of fused-ring (bicyclic) bond motifs is 2. The molecule has 1 atom stereocenters. The van der Waals surface area contributed by atoms with Crippen molar-refractivity contribution in [1.29, 1.82) is 0 Å². The van der Waals surface area contributed by atoms with Crippen molar-refractivity contribution < 1.29 is 23.8 Å². The van der Waals surface area contributed by atoms with Crippen LogP contribution < -0.4 is 19.7 Å². The van der Waals surface area contributed by atoms with Crippen LogP contribution in [0.25, 0.3) is 11.0 Å². The summed E-state index contributed by atoms with van der Waals surface area (Å²) < 4.78 is 18.2. The molecular formula is C32H36N6O5. The van der Waals surface area contributed by atoms with Crippen molar-refractivity contribution in [3.05, 3.63) is 77.9 Å². The minimum absolute atomic E-state index is 0.0871. The van der Waals surface area contributed by atoms with Crippen molar-refractivity contribution in [3.8, 4) is 11.5 Å². The van der Waals surface area contributed by atoms with Crippen LogP contribution in [0.1, 0.15) is 37.9 Å². The first kappa shape index (κ1) is 28.5. The van der Waals surface area contributed by atoms with Crippen LogP contribution in [0.3, 0.4) is 0 Å². The van der Waals surface area contributed by atoms with Gasteiger partial charge in [0.15, 0.2) is 11.5 Å². The molecule has 0 radical (unpaired) electrons. The van der Waals surface area contributed by atoms with Crippen LogP contribution in [0.5, 0.6) is 11.5 Å². The predicted molar refractivity (Wildman–Crippen MR) is 161 cm³/mol. The van der Waals surface area contributed by atoms with Crippen LogP contribution in [0, 0.1) is 0 Å². The normalized spacial score (nSPS) is 15.4. The van der Waals surface area contributed by atoms with Crippen LogP contribution in [0.4, 0.5) is 5.69 Å². The van der Waals surface area contributed by atoms with Crippen LogP contribution in [0.2, 0.25) is 0 Å². The van der Waals surface area contributed by atoms with Crippen LogP contribution in [0.15, 0.2) is 66.7 Å². The summed E-state index contributed by atoms with van der Waals surface area (Å²) in [5, 5.41) is 11.6. The van der Waals surface area contributed by atoms with Gasteiger partial charge in [-0.3, -0.25) is 9.59 Å². The molecule has 2 aliphatic rings. The molecule has 0 aliphatic carbocycles. The number of hydrogen-bond donors (Lipinski definition) is 1. The van der Waals surface area contributed by atoms with Gasteiger partial charge < -0.3 is 29.3 Å². The van der Waals surface area contributed by atoms with Crippen molar-refractivity contribution in [2.24, 2.45) is 0 Å². The highest BCUT2D eigenvalue weighted by atomic mass is 16.7. The van der Waals surface area contributed by atoms with Crippen molar-refractivity contribution in [2.45, 2.75) is 45.4 Å². The number of anilines is 1.